The fraction of sp³-hybridized carbons (Fsp3) is 1.00. The van der Waals surface area contributed by atoms with Crippen LogP contribution >= 0.6 is 0 Å². The lowest BCUT2D eigenvalue weighted by Crippen LogP contribution is -2.39. The van der Waals surface area contributed by atoms with Gasteiger partial charge in [0.05, 0.1) is 18.8 Å². The quantitative estimate of drug-likeness (QED) is 0.629. The molecule has 2 heteroatoms. The summed E-state index contributed by atoms with van der Waals surface area (Å²) in [6.45, 7) is 5.35. The molecule has 0 aromatic carbocycles. The van der Waals surface area contributed by atoms with Crippen molar-refractivity contribution < 1.29 is 9.84 Å². The molecular formula is C13H26O2. The fourth-order valence-electron chi connectivity index (χ4n) is 2.20. The summed E-state index contributed by atoms with van der Waals surface area (Å²) in [4.78, 5) is 0. The van der Waals surface area contributed by atoms with E-state index >= 15 is 0 Å². The molecule has 0 aliphatic carbocycles. The number of unbranched alkanes of at least 4 members (excludes halogenated alkanes) is 2. The average molecular weight is 214 g/mol. The molecule has 1 rings (SSSR count). The van der Waals surface area contributed by atoms with Gasteiger partial charge in [-0.15, -0.1) is 0 Å². The lowest BCUT2D eigenvalue weighted by atomic mass is 9.90. The molecule has 0 saturated carbocycles. The third kappa shape index (κ3) is 4.52. The molecule has 0 amide bonds. The van der Waals surface area contributed by atoms with Gasteiger partial charge in [-0.2, -0.15) is 0 Å². The van der Waals surface area contributed by atoms with E-state index in [1.54, 1.807) is 0 Å². The molecule has 0 radical (unpaired) electrons. The molecule has 0 bridgehead atoms. The van der Waals surface area contributed by atoms with E-state index in [1.807, 2.05) is 0 Å². The minimum atomic E-state index is -0.0988. The van der Waals surface area contributed by atoms with E-state index in [9.17, 15) is 5.11 Å². The van der Waals surface area contributed by atoms with Crippen LogP contribution < -0.4 is 0 Å². The van der Waals surface area contributed by atoms with Crippen LogP contribution in [0.25, 0.3) is 0 Å². The number of hydrogen-bond donors (Lipinski definition) is 1. The maximum absolute atomic E-state index is 9.75. The molecule has 1 saturated heterocycles. The molecule has 1 aliphatic rings. The van der Waals surface area contributed by atoms with Crippen molar-refractivity contribution >= 4 is 0 Å². The minimum absolute atomic E-state index is 0.0988. The van der Waals surface area contributed by atoms with E-state index in [1.165, 1.54) is 25.7 Å². The number of aliphatic hydroxyl groups is 1. The van der Waals surface area contributed by atoms with Crippen molar-refractivity contribution in [2.75, 3.05) is 6.61 Å². The summed E-state index contributed by atoms with van der Waals surface area (Å²) < 4.78 is 5.50. The second-order valence-electron chi connectivity index (χ2n) is 4.77. The van der Waals surface area contributed by atoms with Gasteiger partial charge >= 0.3 is 0 Å². The van der Waals surface area contributed by atoms with Crippen LogP contribution in [0.3, 0.4) is 0 Å². The summed E-state index contributed by atoms with van der Waals surface area (Å²) in [5.74, 6) is 0.757. The minimum Gasteiger partial charge on any atom is -0.393 e. The first-order valence-corrected chi connectivity index (χ1v) is 6.57. The Labute approximate surface area is 94.0 Å². The first-order valence-electron chi connectivity index (χ1n) is 6.57. The summed E-state index contributed by atoms with van der Waals surface area (Å²) in [6, 6.07) is 0. The summed E-state index contributed by atoms with van der Waals surface area (Å²) in [6.07, 6.45) is 8.14. The number of rotatable bonds is 8. The molecule has 3 unspecified atom stereocenters. The van der Waals surface area contributed by atoms with Crippen LogP contribution in [0.2, 0.25) is 0 Å². The normalized spacial score (nSPS) is 27.4. The molecule has 2 nitrogen and oxygen atoms in total. The molecule has 1 fully saturated rings. The Kier molecular flexibility index (Phi) is 6.26. The van der Waals surface area contributed by atoms with E-state index in [0.717, 1.165) is 31.8 Å². The van der Waals surface area contributed by atoms with Gasteiger partial charge in [0.15, 0.2) is 0 Å². The van der Waals surface area contributed by atoms with Crippen LogP contribution in [0.5, 0.6) is 0 Å². The topological polar surface area (TPSA) is 29.5 Å². The Balaban J connectivity index is 1.98. The number of hydrogen-bond acceptors (Lipinski definition) is 2. The van der Waals surface area contributed by atoms with Crippen molar-refractivity contribution in [1.29, 1.82) is 0 Å². The van der Waals surface area contributed by atoms with Crippen LogP contribution in [0.1, 0.15) is 58.8 Å². The van der Waals surface area contributed by atoms with Gasteiger partial charge in [-0.3, -0.25) is 0 Å². The highest BCUT2D eigenvalue weighted by Crippen LogP contribution is 2.27. The zero-order valence-electron chi connectivity index (χ0n) is 10.2. The van der Waals surface area contributed by atoms with Crippen LogP contribution in [0.15, 0.2) is 0 Å². The van der Waals surface area contributed by atoms with Gasteiger partial charge in [-0.1, -0.05) is 33.1 Å². The Morgan fingerprint density at radius 1 is 1.27 bits per heavy atom. The largest absolute Gasteiger partial charge is 0.393 e. The molecule has 3 atom stereocenters. The Morgan fingerprint density at radius 2 is 2.07 bits per heavy atom. The highest BCUT2D eigenvalue weighted by Gasteiger charge is 2.30. The zero-order chi connectivity index (χ0) is 11.1. The van der Waals surface area contributed by atoms with Crippen molar-refractivity contribution in [3.63, 3.8) is 0 Å². The highest BCUT2D eigenvalue weighted by molar-refractivity contribution is 4.78. The molecule has 90 valence electrons. The highest BCUT2D eigenvalue weighted by atomic mass is 16.5. The summed E-state index contributed by atoms with van der Waals surface area (Å²) in [5, 5.41) is 9.75. The van der Waals surface area contributed by atoms with Gasteiger partial charge in [-0.25, -0.2) is 0 Å². The maximum Gasteiger partial charge on any atom is 0.0626 e. The molecule has 15 heavy (non-hydrogen) atoms. The predicted octanol–water partition coefficient (Wildman–Crippen LogP) is 3.13. The second-order valence-corrected chi connectivity index (χ2v) is 4.77. The summed E-state index contributed by atoms with van der Waals surface area (Å²) in [7, 11) is 0. The van der Waals surface area contributed by atoms with Crippen molar-refractivity contribution in [3.05, 3.63) is 0 Å². The first kappa shape index (κ1) is 13.0. The molecule has 0 aromatic heterocycles. The third-order valence-electron chi connectivity index (χ3n) is 3.50. The smallest absolute Gasteiger partial charge is 0.0626 e. The lowest BCUT2D eigenvalue weighted by molar-refractivity contribution is -0.122. The monoisotopic (exact) mass is 214 g/mol. The van der Waals surface area contributed by atoms with Crippen LogP contribution in [0.4, 0.5) is 0 Å². The predicted molar refractivity (Wildman–Crippen MR) is 62.9 cm³/mol. The molecule has 0 spiro atoms. The standard InChI is InChI=1S/C13H26O2/c1-3-5-6-7-12(14)8-9-13-11(4-2)10-15-13/h11-14H,3-10H2,1-2H3. The SMILES string of the molecule is CCCCCC(O)CCC1OCC1CC. The zero-order valence-corrected chi connectivity index (χ0v) is 10.2. The number of ether oxygens (including phenoxy) is 1. The molecule has 1 N–H and O–H groups in total. The summed E-state index contributed by atoms with van der Waals surface area (Å²) in [5.41, 5.74) is 0. The van der Waals surface area contributed by atoms with E-state index < -0.39 is 0 Å². The van der Waals surface area contributed by atoms with Gasteiger partial charge in [0.1, 0.15) is 0 Å². The molecule has 0 aromatic rings. The number of aliphatic hydroxyl groups excluding tert-OH is 1. The third-order valence-corrected chi connectivity index (χ3v) is 3.50. The molecular weight excluding hydrogens is 188 g/mol. The fourth-order valence-corrected chi connectivity index (χ4v) is 2.20. The first-order chi connectivity index (χ1) is 7.27. The average Bonchev–Trinajstić information content (AvgIpc) is 2.17. The van der Waals surface area contributed by atoms with Crippen LogP contribution in [0, 0.1) is 5.92 Å². The van der Waals surface area contributed by atoms with E-state index in [2.05, 4.69) is 13.8 Å². The van der Waals surface area contributed by atoms with Crippen LogP contribution in [-0.2, 0) is 4.74 Å². The van der Waals surface area contributed by atoms with E-state index in [-0.39, 0.29) is 6.10 Å². The Morgan fingerprint density at radius 3 is 2.60 bits per heavy atom. The second kappa shape index (κ2) is 7.24. The van der Waals surface area contributed by atoms with Gasteiger partial charge in [0.25, 0.3) is 0 Å². The van der Waals surface area contributed by atoms with Gasteiger partial charge < -0.3 is 9.84 Å². The Bertz CT molecular complexity index is 157. The van der Waals surface area contributed by atoms with Crippen LogP contribution in [-0.4, -0.2) is 23.9 Å². The lowest BCUT2D eigenvalue weighted by Gasteiger charge is -2.36. The van der Waals surface area contributed by atoms with Crippen molar-refractivity contribution in [3.8, 4) is 0 Å². The van der Waals surface area contributed by atoms with E-state index in [0.29, 0.717) is 6.10 Å². The summed E-state index contributed by atoms with van der Waals surface area (Å²) >= 11 is 0. The van der Waals surface area contributed by atoms with Crippen molar-refractivity contribution in [2.45, 2.75) is 71.0 Å². The van der Waals surface area contributed by atoms with Crippen molar-refractivity contribution in [1.82, 2.24) is 0 Å². The van der Waals surface area contributed by atoms with Gasteiger partial charge in [-0.05, 0) is 25.7 Å². The molecule has 1 aliphatic heterocycles. The maximum atomic E-state index is 9.75. The van der Waals surface area contributed by atoms with E-state index in [4.69, 9.17) is 4.74 Å². The molecule has 1 heterocycles. The van der Waals surface area contributed by atoms with Crippen molar-refractivity contribution in [2.24, 2.45) is 5.92 Å². The van der Waals surface area contributed by atoms with Gasteiger partial charge in [0.2, 0.25) is 0 Å². The van der Waals surface area contributed by atoms with Gasteiger partial charge in [0, 0.05) is 5.92 Å². The Hall–Kier alpha value is -0.0800.